The van der Waals surface area contributed by atoms with Crippen molar-refractivity contribution in [1.29, 1.82) is 0 Å². The summed E-state index contributed by atoms with van der Waals surface area (Å²) in [5.74, 6) is 0.215. The highest BCUT2D eigenvalue weighted by Crippen LogP contribution is 2.28. The summed E-state index contributed by atoms with van der Waals surface area (Å²) >= 11 is 0. The number of hydrogen-bond acceptors (Lipinski definition) is 2. The molecule has 0 spiro atoms. The van der Waals surface area contributed by atoms with Crippen molar-refractivity contribution in [1.82, 2.24) is 0 Å². The number of aliphatic carboxylic acids is 1. The minimum absolute atomic E-state index is 0.0851. The van der Waals surface area contributed by atoms with Crippen molar-refractivity contribution >= 4 is 5.97 Å². The molecule has 0 aliphatic carbocycles. The third kappa shape index (κ3) is 3.77. The van der Waals surface area contributed by atoms with Gasteiger partial charge in [-0.3, -0.25) is 4.79 Å². The highest BCUT2D eigenvalue weighted by molar-refractivity contribution is 5.68. The van der Waals surface area contributed by atoms with Crippen molar-refractivity contribution in [2.24, 2.45) is 0 Å². The van der Waals surface area contributed by atoms with Crippen molar-refractivity contribution in [3.63, 3.8) is 0 Å². The molecule has 94 valence electrons. The number of benzene rings is 1. The largest absolute Gasteiger partial charge is 0.494 e. The van der Waals surface area contributed by atoms with Crippen LogP contribution >= 0.6 is 0 Å². The minimum atomic E-state index is -0.747. The van der Waals surface area contributed by atoms with E-state index in [1.54, 1.807) is 0 Å². The van der Waals surface area contributed by atoms with E-state index >= 15 is 0 Å². The second-order valence-corrected chi connectivity index (χ2v) is 4.16. The van der Waals surface area contributed by atoms with E-state index in [9.17, 15) is 4.79 Å². The quantitative estimate of drug-likeness (QED) is 0.823. The van der Waals surface area contributed by atoms with Crippen LogP contribution in [0.2, 0.25) is 0 Å². The van der Waals surface area contributed by atoms with Crippen LogP contribution in [0.25, 0.3) is 0 Å². The van der Waals surface area contributed by atoms with Crippen molar-refractivity contribution in [2.45, 2.75) is 39.5 Å². The van der Waals surface area contributed by atoms with Gasteiger partial charge in [-0.05, 0) is 43.4 Å². The lowest BCUT2D eigenvalue weighted by atomic mass is 9.92. The normalized spacial score (nSPS) is 12.2. The maximum absolute atomic E-state index is 10.8. The number of aryl methyl sites for hydroxylation is 1. The lowest BCUT2D eigenvalue weighted by Gasteiger charge is -2.15. The van der Waals surface area contributed by atoms with Crippen molar-refractivity contribution in [3.8, 4) is 5.75 Å². The first kappa shape index (κ1) is 13.6. The van der Waals surface area contributed by atoms with E-state index in [0.29, 0.717) is 6.61 Å². The standard InChI is InChI=1S/C14H20O3/c1-4-11(9-14(15)16)12-6-7-13(17-5-2)10(3)8-12/h6-8,11H,4-5,9H2,1-3H3,(H,15,16). The fourth-order valence-electron chi connectivity index (χ4n) is 1.95. The molecule has 0 fully saturated rings. The predicted molar refractivity (Wildman–Crippen MR) is 67.6 cm³/mol. The monoisotopic (exact) mass is 236 g/mol. The Morgan fingerprint density at radius 2 is 2.12 bits per heavy atom. The highest BCUT2D eigenvalue weighted by Gasteiger charge is 2.14. The van der Waals surface area contributed by atoms with E-state index in [4.69, 9.17) is 9.84 Å². The zero-order chi connectivity index (χ0) is 12.8. The maximum Gasteiger partial charge on any atom is 0.303 e. The van der Waals surface area contributed by atoms with Gasteiger partial charge in [-0.15, -0.1) is 0 Å². The molecule has 17 heavy (non-hydrogen) atoms. The van der Waals surface area contributed by atoms with Crippen LogP contribution in [0.1, 0.15) is 43.7 Å². The van der Waals surface area contributed by atoms with Crippen molar-refractivity contribution < 1.29 is 14.6 Å². The predicted octanol–water partition coefficient (Wildman–Crippen LogP) is 3.36. The molecule has 0 radical (unpaired) electrons. The summed E-state index contributed by atoms with van der Waals surface area (Å²) in [5, 5.41) is 8.86. The SMILES string of the molecule is CCOc1ccc(C(CC)CC(=O)O)cc1C. The first-order valence-electron chi connectivity index (χ1n) is 6.03. The van der Waals surface area contributed by atoms with Gasteiger partial charge in [0.25, 0.3) is 0 Å². The highest BCUT2D eigenvalue weighted by atomic mass is 16.5. The van der Waals surface area contributed by atoms with Crippen molar-refractivity contribution in [3.05, 3.63) is 29.3 Å². The van der Waals surface area contributed by atoms with Gasteiger partial charge in [0, 0.05) is 0 Å². The average molecular weight is 236 g/mol. The lowest BCUT2D eigenvalue weighted by Crippen LogP contribution is -2.06. The molecule has 0 aliphatic heterocycles. The first-order valence-corrected chi connectivity index (χ1v) is 6.03. The Balaban J connectivity index is 2.90. The van der Waals surface area contributed by atoms with Crippen LogP contribution in [0.4, 0.5) is 0 Å². The smallest absolute Gasteiger partial charge is 0.303 e. The van der Waals surface area contributed by atoms with Crippen LogP contribution in [-0.2, 0) is 4.79 Å². The number of rotatable bonds is 6. The third-order valence-electron chi connectivity index (χ3n) is 2.88. The van der Waals surface area contributed by atoms with Crippen LogP contribution < -0.4 is 4.74 Å². The molecule has 0 aliphatic rings. The lowest BCUT2D eigenvalue weighted by molar-refractivity contribution is -0.137. The summed E-state index contributed by atoms with van der Waals surface area (Å²) in [6, 6.07) is 5.93. The summed E-state index contributed by atoms with van der Waals surface area (Å²) in [6.45, 7) is 6.60. The number of carboxylic acids is 1. The Bertz CT molecular complexity index is 385. The molecule has 0 aromatic heterocycles. The number of carbonyl (C=O) groups is 1. The van der Waals surface area contributed by atoms with Crippen molar-refractivity contribution in [2.75, 3.05) is 6.61 Å². The second kappa shape index (κ2) is 6.28. The Kier molecular flexibility index (Phi) is 5.01. The Morgan fingerprint density at radius 1 is 1.41 bits per heavy atom. The molecule has 1 rings (SSSR count). The van der Waals surface area contributed by atoms with Gasteiger partial charge in [-0.2, -0.15) is 0 Å². The number of carboxylic acid groups (broad SMARTS) is 1. The molecule has 3 heteroatoms. The van der Waals surface area contributed by atoms with Gasteiger partial charge in [0.1, 0.15) is 5.75 Å². The molecule has 1 unspecified atom stereocenters. The van der Waals surface area contributed by atoms with Crippen LogP contribution in [0.3, 0.4) is 0 Å². The number of ether oxygens (including phenoxy) is 1. The summed E-state index contributed by atoms with van der Waals surface area (Å²) in [6.07, 6.45) is 1.02. The molecule has 0 heterocycles. The first-order chi connectivity index (χ1) is 8.08. The van der Waals surface area contributed by atoms with Crippen LogP contribution in [0.5, 0.6) is 5.75 Å². The van der Waals surface area contributed by atoms with Gasteiger partial charge < -0.3 is 9.84 Å². The fourth-order valence-corrected chi connectivity index (χ4v) is 1.95. The topological polar surface area (TPSA) is 46.5 Å². The third-order valence-corrected chi connectivity index (χ3v) is 2.88. The average Bonchev–Trinajstić information content (AvgIpc) is 2.28. The van der Waals surface area contributed by atoms with Gasteiger partial charge in [-0.1, -0.05) is 19.1 Å². The number of hydrogen-bond donors (Lipinski definition) is 1. The Morgan fingerprint density at radius 3 is 2.59 bits per heavy atom. The van der Waals surface area contributed by atoms with E-state index in [1.807, 2.05) is 39.0 Å². The van der Waals surface area contributed by atoms with Crippen LogP contribution in [0, 0.1) is 6.92 Å². The van der Waals surface area contributed by atoms with E-state index in [-0.39, 0.29) is 12.3 Å². The van der Waals surface area contributed by atoms with E-state index < -0.39 is 5.97 Å². The zero-order valence-electron chi connectivity index (χ0n) is 10.7. The Hall–Kier alpha value is -1.51. The van der Waals surface area contributed by atoms with Gasteiger partial charge in [-0.25, -0.2) is 0 Å². The molecule has 1 aromatic rings. The molecular weight excluding hydrogens is 216 g/mol. The van der Waals surface area contributed by atoms with Gasteiger partial charge in [0.2, 0.25) is 0 Å². The molecule has 0 amide bonds. The van der Waals surface area contributed by atoms with Gasteiger partial charge >= 0.3 is 5.97 Å². The summed E-state index contributed by atoms with van der Waals surface area (Å²) < 4.78 is 5.47. The molecule has 1 N–H and O–H groups in total. The molecule has 1 atom stereocenters. The summed E-state index contributed by atoms with van der Waals surface area (Å²) in [7, 11) is 0. The fraction of sp³-hybridized carbons (Fsp3) is 0.500. The molecule has 0 saturated heterocycles. The molecule has 1 aromatic carbocycles. The van der Waals surface area contributed by atoms with E-state index in [2.05, 4.69) is 0 Å². The molecule has 0 saturated carbocycles. The van der Waals surface area contributed by atoms with Gasteiger partial charge in [0.15, 0.2) is 0 Å². The summed E-state index contributed by atoms with van der Waals surface area (Å²) in [4.78, 5) is 10.8. The van der Waals surface area contributed by atoms with Crippen LogP contribution in [-0.4, -0.2) is 17.7 Å². The Labute approximate surface area is 102 Å². The summed E-state index contributed by atoms with van der Waals surface area (Å²) in [5.41, 5.74) is 2.14. The zero-order valence-corrected chi connectivity index (χ0v) is 10.7. The van der Waals surface area contributed by atoms with E-state index in [0.717, 1.165) is 23.3 Å². The van der Waals surface area contributed by atoms with E-state index in [1.165, 1.54) is 0 Å². The van der Waals surface area contributed by atoms with Gasteiger partial charge in [0.05, 0.1) is 13.0 Å². The minimum Gasteiger partial charge on any atom is -0.494 e. The second-order valence-electron chi connectivity index (χ2n) is 4.16. The maximum atomic E-state index is 10.8. The molecule has 0 bridgehead atoms. The van der Waals surface area contributed by atoms with Crippen LogP contribution in [0.15, 0.2) is 18.2 Å². The molecular formula is C14H20O3. The molecule has 3 nitrogen and oxygen atoms in total.